The largest absolute Gasteiger partial charge is 0.394 e. The molecule has 1 rings (SSSR count). The van der Waals surface area contributed by atoms with Gasteiger partial charge in [-0.2, -0.15) is 0 Å². The average Bonchev–Trinajstić information content (AvgIpc) is 2.10. The lowest BCUT2D eigenvalue weighted by molar-refractivity contribution is -0.148. The second kappa shape index (κ2) is 4.39. The van der Waals surface area contributed by atoms with E-state index in [1.165, 1.54) is 4.90 Å². The summed E-state index contributed by atoms with van der Waals surface area (Å²) in [7, 11) is 0. The highest BCUT2D eigenvalue weighted by molar-refractivity contribution is 5.78. The van der Waals surface area contributed by atoms with Crippen molar-refractivity contribution in [2.45, 2.75) is 6.04 Å². The number of aliphatic hydroxyl groups is 2. The first kappa shape index (κ1) is 9.44. The van der Waals surface area contributed by atoms with Crippen LogP contribution in [0.5, 0.6) is 0 Å². The highest BCUT2D eigenvalue weighted by Crippen LogP contribution is 2.04. The zero-order chi connectivity index (χ0) is 8.97. The van der Waals surface area contributed by atoms with Crippen molar-refractivity contribution in [2.75, 3.05) is 33.0 Å². The van der Waals surface area contributed by atoms with Crippen LogP contribution in [0.3, 0.4) is 0 Å². The first-order valence-corrected chi connectivity index (χ1v) is 3.88. The number of nitrogens with zero attached hydrogens (tertiary/aromatic N) is 1. The summed E-state index contributed by atoms with van der Waals surface area (Å²) in [6, 6.07) is -0.471. The van der Waals surface area contributed by atoms with Gasteiger partial charge in [-0.3, -0.25) is 4.79 Å². The molecule has 1 amide bonds. The third-order valence-corrected chi connectivity index (χ3v) is 1.88. The molecule has 70 valence electrons. The monoisotopic (exact) mass is 175 g/mol. The van der Waals surface area contributed by atoms with Crippen LogP contribution in [0.1, 0.15) is 0 Å². The molecule has 0 atom stereocenters. The predicted molar refractivity (Wildman–Crippen MR) is 40.5 cm³/mol. The SMILES string of the molecule is O=C1COCCN1C(CO)CO. The fraction of sp³-hybridized carbons (Fsp3) is 0.857. The van der Waals surface area contributed by atoms with Crippen molar-refractivity contribution >= 4 is 5.91 Å². The van der Waals surface area contributed by atoms with Crippen LogP contribution >= 0.6 is 0 Å². The molecule has 0 aliphatic carbocycles. The number of rotatable bonds is 3. The van der Waals surface area contributed by atoms with Crippen molar-refractivity contribution in [1.82, 2.24) is 4.90 Å². The van der Waals surface area contributed by atoms with Gasteiger partial charge < -0.3 is 19.8 Å². The maximum atomic E-state index is 11.1. The lowest BCUT2D eigenvalue weighted by Gasteiger charge is -2.32. The Bertz CT molecular complexity index is 157. The smallest absolute Gasteiger partial charge is 0.249 e. The van der Waals surface area contributed by atoms with Gasteiger partial charge >= 0.3 is 0 Å². The summed E-state index contributed by atoms with van der Waals surface area (Å²) in [5.41, 5.74) is 0. The number of ether oxygens (including phenoxy) is 1. The van der Waals surface area contributed by atoms with Crippen LogP contribution in [-0.4, -0.2) is 60.0 Å². The van der Waals surface area contributed by atoms with Gasteiger partial charge in [0.25, 0.3) is 0 Å². The molecular formula is C7H13NO4. The maximum Gasteiger partial charge on any atom is 0.249 e. The Balaban J connectivity index is 2.51. The van der Waals surface area contributed by atoms with Crippen LogP contribution in [0.2, 0.25) is 0 Å². The molecule has 0 aromatic heterocycles. The number of aliphatic hydroxyl groups excluding tert-OH is 2. The minimum absolute atomic E-state index is 0.0521. The van der Waals surface area contributed by atoms with Crippen LogP contribution in [0.15, 0.2) is 0 Å². The second-order valence-electron chi connectivity index (χ2n) is 2.66. The van der Waals surface area contributed by atoms with Crippen molar-refractivity contribution < 1.29 is 19.7 Å². The van der Waals surface area contributed by atoms with Gasteiger partial charge in [-0.05, 0) is 0 Å². The molecule has 1 saturated heterocycles. The molecule has 1 fully saturated rings. The molecule has 1 aliphatic rings. The van der Waals surface area contributed by atoms with E-state index in [1.807, 2.05) is 0 Å². The summed E-state index contributed by atoms with van der Waals surface area (Å²) >= 11 is 0. The maximum absolute atomic E-state index is 11.1. The lowest BCUT2D eigenvalue weighted by Crippen LogP contribution is -2.50. The molecule has 0 saturated carbocycles. The fourth-order valence-corrected chi connectivity index (χ4v) is 1.17. The second-order valence-corrected chi connectivity index (χ2v) is 2.66. The third-order valence-electron chi connectivity index (χ3n) is 1.88. The van der Waals surface area contributed by atoms with Gasteiger partial charge in [0, 0.05) is 6.54 Å². The van der Waals surface area contributed by atoms with E-state index in [-0.39, 0.29) is 25.7 Å². The highest BCUT2D eigenvalue weighted by Gasteiger charge is 2.25. The summed E-state index contributed by atoms with van der Waals surface area (Å²) in [6.45, 7) is 0.563. The first-order valence-electron chi connectivity index (χ1n) is 3.88. The molecule has 5 nitrogen and oxygen atoms in total. The van der Waals surface area contributed by atoms with Crippen molar-refractivity contribution in [2.24, 2.45) is 0 Å². The van der Waals surface area contributed by atoms with Crippen LogP contribution in [0.4, 0.5) is 0 Å². The number of hydrogen-bond donors (Lipinski definition) is 2. The van der Waals surface area contributed by atoms with Crippen LogP contribution in [-0.2, 0) is 9.53 Å². The van der Waals surface area contributed by atoms with E-state index >= 15 is 0 Å². The summed E-state index contributed by atoms with van der Waals surface area (Å²) in [4.78, 5) is 12.6. The molecule has 2 N–H and O–H groups in total. The number of carbonyl (C=O) groups excluding carboxylic acids is 1. The van der Waals surface area contributed by atoms with Gasteiger partial charge in [-0.15, -0.1) is 0 Å². The van der Waals surface area contributed by atoms with Gasteiger partial charge in [-0.1, -0.05) is 0 Å². The van der Waals surface area contributed by atoms with E-state index in [9.17, 15) is 4.79 Å². The topological polar surface area (TPSA) is 70.0 Å². The minimum atomic E-state index is -0.471. The third kappa shape index (κ3) is 1.94. The summed E-state index contributed by atoms with van der Waals surface area (Å²) in [5, 5.41) is 17.6. The molecule has 0 aromatic rings. The van der Waals surface area contributed by atoms with E-state index in [0.29, 0.717) is 13.2 Å². The highest BCUT2D eigenvalue weighted by atomic mass is 16.5. The Kier molecular flexibility index (Phi) is 3.46. The number of amides is 1. The molecule has 0 aromatic carbocycles. The molecule has 0 radical (unpaired) electrons. The first-order chi connectivity index (χ1) is 5.79. The van der Waals surface area contributed by atoms with Crippen LogP contribution in [0.25, 0.3) is 0 Å². The summed E-state index contributed by atoms with van der Waals surface area (Å²) < 4.78 is 4.90. The standard InChI is InChI=1S/C7H13NO4/c9-3-6(4-10)8-1-2-12-5-7(8)11/h6,9-10H,1-5H2. The van der Waals surface area contributed by atoms with Gasteiger partial charge in [0.1, 0.15) is 6.61 Å². The van der Waals surface area contributed by atoms with Gasteiger partial charge in [-0.25, -0.2) is 0 Å². The molecule has 12 heavy (non-hydrogen) atoms. The van der Waals surface area contributed by atoms with E-state index in [1.54, 1.807) is 0 Å². The predicted octanol–water partition coefficient (Wildman–Crippen LogP) is -1.80. The quantitative estimate of drug-likeness (QED) is 0.531. The summed E-state index contributed by atoms with van der Waals surface area (Å²) in [5.74, 6) is -0.172. The Labute approximate surface area is 70.5 Å². The number of carbonyl (C=O) groups is 1. The van der Waals surface area contributed by atoms with E-state index in [0.717, 1.165) is 0 Å². The van der Waals surface area contributed by atoms with E-state index in [2.05, 4.69) is 0 Å². The van der Waals surface area contributed by atoms with Gasteiger partial charge in [0.2, 0.25) is 5.91 Å². The van der Waals surface area contributed by atoms with Crippen molar-refractivity contribution in [1.29, 1.82) is 0 Å². The van der Waals surface area contributed by atoms with Crippen LogP contribution in [0, 0.1) is 0 Å². The zero-order valence-corrected chi connectivity index (χ0v) is 6.77. The Morgan fingerprint density at radius 2 is 2.17 bits per heavy atom. The van der Waals surface area contributed by atoms with Crippen molar-refractivity contribution in [3.05, 3.63) is 0 Å². The fourth-order valence-electron chi connectivity index (χ4n) is 1.17. The number of hydrogen-bond acceptors (Lipinski definition) is 4. The Morgan fingerprint density at radius 3 is 2.67 bits per heavy atom. The van der Waals surface area contributed by atoms with Gasteiger partial charge in [0.15, 0.2) is 0 Å². The molecule has 0 spiro atoms. The van der Waals surface area contributed by atoms with E-state index in [4.69, 9.17) is 14.9 Å². The average molecular weight is 175 g/mol. The lowest BCUT2D eigenvalue weighted by atomic mass is 10.2. The van der Waals surface area contributed by atoms with Crippen molar-refractivity contribution in [3.63, 3.8) is 0 Å². The Hall–Kier alpha value is -0.650. The van der Waals surface area contributed by atoms with Gasteiger partial charge in [0.05, 0.1) is 25.9 Å². The normalized spacial score (nSPS) is 18.9. The molecule has 1 aliphatic heterocycles. The Morgan fingerprint density at radius 1 is 1.50 bits per heavy atom. The minimum Gasteiger partial charge on any atom is -0.394 e. The summed E-state index contributed by atoms with van der Waals surface area (Å²) in [6.07, 6.45) is 0. The van der Waals surface area contributed by atoms with Crippen molar-refractivity contribution in [3.8, 4) is 0 Å². The zero-order valence-electron chi connectivity index (χ0n) is 6.77. The van der Waals surface area contributed by atoms with Crippen LogP contribution < -0.4 is 0 Å². The molecule has 1 heterocycles. The number of morpholine rings is 1. The molecule has 5 heteroatoms. The molecule has 0 unspecified atom stereocenters. The van der Waals surface area contributed by atoms with E-state index < -0.39 is 6.04 Å². The molecule has 0 bridgehead atoms. The molecular weight excluding hydrogens is 162 g/mol.